The zero-order valence-corrected chi connectivity index (χ0v) is 11.8. The van der Waals surface area contributed by atoms with E-state index >= 15 is 0 Å². The lowest BCUT2D eigenvalue weighted by molar-refractivity contribution is 0.297. The summed E-state index contributed by atoms with van der Waals surface area (Å²) in [5, 5.41) is 7.73. The predicted octanol–water partition coefficient (Wildman–Crippen LogP) is 2.50. The van der Waals surface area contributed by atoms with E-state index in [2.05, 4.69) is 16.5 Å². The van der Waals surface area contributed by atoms with Gasteiger partial charge in [-0.15, -0.1) is 0 Å². The number of benzene rings is 1. The Bertz CT molecular complexity index is 607. The topological polar surface area (TPSA) is 48.3 Å². The van der Waals surface area contributed by atoms with Crippen LogP contribution >= 0.6 is 0 Å². The molecule has 20 heavy (non-hydrogen) atoms. The summed E-state index contributed by atoms with van der Waals surface area (Å²) in [5.41, 5.74) is 3.20. The quantitative estimate of drug-likeness (QED) is 0.933. The second-order valence-corrected chi connectivity index (χ2v) is 4.97. The van der Waals surface area contributed by atoms with Gasteiger partial charge in [-0.05, 0) is 25.1 Å². The molecule has 0 saturated heterocycles. The number of rotatable bonds is 3. The molecule has 5 heteroatoms. The van der Waals surface area contributed by atoms with Crippen LogP contribution in [-0.2, 0) is 13.6 Å². The summed E-state index contributed by atoms with van der Waals surface area (Å²) < 4.78 is 13.2. The van der Waals surface area contributed by atoms with E-state index in [0.29, 0.717) is 13.2 Å². The number of nitrogens with zero attached hydrogens (tertiary/aromatic N) is 2. The highest BCUT2D eigenvalue weighted by molar-refractivity contribution is 5.55. The Morgan fingerprint density at radius 3 is 2.75 bits per heavy atom. The fourth-order valence-electron chi connectivity index (χ4n) is 2.30. The minimum Gasteiger partial charge on any atom is -0.490 e. The molecule has 0 saturated carbocycles. The minimum absolute atomic E-state index is 0.706. The zero-order valence-electron chi connectivity index (χ0n) is 11.8. The Kier molecular flexibility index (Phi) is 3.50. The number of fused-ring (bicyclic) bond motifs is 1. The molecule has 0 unspecified atom stereocenters. The largest absolute Gasteiger partial charge is 0.490 e. The molecule has 1 aromatic carbocycles. The van der Waals surface area contributed by atoms with Gasteiger partial charge in [0.25, 0.3) is 0 Å². The average molecular weight is 273 g/mol. The van der Waals surface area contributed by atoms with Crippen molar-refractivity contribution in [2.45, 2.75) is 19.9 Å². The fourth-order valence-corrected chi connectivity index (χ4v) is 2.30. The minimum atomic E-state index is 0.706. The highest BCUT2D eigenvalue weighted by Crippen LogP contribution is 2.32. The first kappa shape index (κ1) is 12.8. The molecule has 5 nitrogen and oxygen atoms in total. The van der Waals surface area contributed by atoms with Crippen molar-refractivity contribution in [2.75, 3.05) is 18.5 Å². The third-order valence-corrected chi connectivity index (χ3v) is 3.32. The third kappa shape index (κ3) is 2.71. The molecule has 0 bridgehead atoms. The smallest absolute Gasteiger partial charge is 0.163 e. The van der Waals surface area contributed by atoms with Gasteiger partial charge in [0.05, 0.1) is 31.1 Å². The summed E-state index contributed by atoms with van der Waals surface area (Å²) in [6.07, 6.45) is 0.922. The molecule has 3 rings (SSSR count). The molecule has 1 aliphatic heterocycles. The summed E-state index contributed by atoms with van der Waals surface area (Å²) in [5.74, 6) is 1.64. The number of nitrogens with one attached hydrogen (secondary N) is 1. The van der Waals surface area contributed by atoms with Crippen molar-refractivity contribution >= 4 is 5.69 Å². The number of hydrogen-bond donors (Lipinski definition) is 1. The van der Waals surface area contributed by atoms with Crippen LogP contribution in [0.4, 0.5) is 5.69 Å². The van der Waals surface area contributed by atoms with Crippen molar-refractivity contribution in [2.24, 2.45) is 7.05 Å². The molecule has 1 aromatic heterocycles. The third-order valence-electron chi connectivity index (χ3n) is 3.32. The first-order valence-electron chi connectivity index (χ1n) is 6.85. The van der Waals surface area contributed by atoms with E-state index in [1.165, 1.54) is 0 Å². The first-order chi connectivity index (χ1) is 9.72. The summed E-state index contributed by atoms with van der Waals surface area (Å²) in [6, 6.07) is 8.04. The number of ether oxygens (including phenoxy) is 2. The van der Waals surface area contributed by atoms with Crippen LogP contribution in [0.25, 0.3) is 0 Å². The first-order valence-corrected chi connectivity index (χ1v) is 6.85. The van der Waals surface area contributed by atoms with Crippen molar-refractivity contribution in [3.63, 3.8) is 0 Å². The van der Waals surface area contributed by atoms with Crippen molar-refractivity contribution in [3.8, 4) is 11.5 Å². The lowest BCUT2D eigenvalue weighted by atomic mass is 10.2. The van der Waals surface area contributed by atoms with Gasteiger partial charge in [0, 0.05) is 25.2 Å². The van der Waals surface area contributed by atoms with E-state index in [1.807, 2.05) is 36.9 Å². The molecule has 0 spiro atoms. The van der Waals surface area contributed by atoms with E-state index in [-0.39, 0.29) is 0 Å². The zero-order chi connectivity index (χ0) is 13.9. The second kappa shape index (κ2) is 5.45. The van der Waals surface area contributed by atoms with Crippen LogP contribution in [0.1, 0.15) is 17.8 Å². The summed E-state index contributed by atoms with van der Waals surface area (Å²) >= 11 is 0. The summed E-state index contributed by atoms with van der Waals surface area (Å²) in [7, 11) is 1.96. The van der Waals surface area contributed by atoms with Crippen molar-refractivity contribution < 1.29 is 9.47 Å². The monoisotopic (exact) mass is 273 g/mol. The molecular weight excluding hydrogens is 254 g/mol. The van der Waals surface area contributed by atoms with E-state index < -0.39 is 0 Å². The van der Waals surface area contributed by atoms with Gasteiger partial charge >= 0.3 is 0 Å². The lowest BCUT2D eigenvalue weighted by Crippen LogP contribution is -2.05. The van der Waals surface area contributed by atoms with Crippen LogP contribution in [0.15, 0.2) is 24.3 Å². The number of anilines is 1. The highest BCUT2D eigenvalue weighted by atomic mass is 16.5. The van der Waals surface area contributed by atoms with E-state index in [0.717, 1.165) is 41.5 Å². The van der Waals surface area contributed by atoms with Crippen LogP contribution < -0.4 is 14.8 Å². The standard InChI is InChI=1S/C15H19N3O2/c1-11-8-13(18(2)17-11)10-16-12-4-5-14-15(9-12)20-7-3-6-19-14/h4-5,8-9,16H,3,6-7,10H2,1-2H3. The summed E-state index contributed by atoms with van der Waals surface area (Å²) in [6.45, 7) is 4.15. The maximum absolute atomic E-state index is 5.69. The maximum atomic E-state index is 5.69. The van der Waals surface area contributed by atoms with Gasteiger partial charge in [-0.1, -0.05) is 0 Å². The van der Waals surface area contributed by atoms with E-state index in [4.69, 9.17) is 9.47 Å². The molecule has 0 radical (unpaired) electrons. The van der Waals surface area contributed by atoms with Gasteiger partial charge in [-0.2, -0.15) is 5.10 Å². The molecule has 0 atom stereocenters. The lowest BCUT2D eigenvalue weighted by Gasteiger charge is -2.11. The molecule has 1 N–H and O–H groups in total. The van der Waals surface area contributed by atoms with Crippen LogP contribution in [0.5, 0.6) is 11.5 Å². The number of aromatic nitrogens is 2. The molecule has 106 valence electrons. The number of aryl methyl sites for hydroxylation is 2. The SMILES string of the molecule is Cc1cc(CNc2ccc3c(c2)OCCCO3)n(C)n1. The van der Waals surface area contributed by atoms with Crippen molar-refractivity contribution in [1.29, 1.82) is 0 Å². The predicted molar refractivity (Wildman–Crippen MR) is 77.3 cm³/mol. The highest BCUT2D eigenvalue weighted by Gasteiger charge is 2.10. The number of hydrogen-bond acceptors (Lipinski definition) is 4. The van der Waals surface area contributed by atoms with Crippen LogP contribution in [0.3, 0.4) is 0 Å². The van der Waals surface area contributed by atoms with Crippen LogP contribution in [0, 0.1) is 6.92 Å². The van der Waals surface area contributed by atoms with Crippen LogP contribution in [-0.4, -0.2) is 23.0 Å². The average Bonchev–Trinajstić information content (AvgIpc) is 2.64. The molecule has 1 aliphatic rings. The Hall–Kier alpha value is -2.17. The van der Waals surface area contributed by atoms with E-state index in [9.17, 15) is 0 Å². The van der Waals surface area contributed by atoms with Crippen molar-refractivity contribution in [3.05, 3.63) is 35.7 Å². The Morgan fingerprint density at radius 2 is 2.00 bits per heavy atom. The normalized spacial score (nSPS) is 13.9. The molecule has 0 aliphatic carbocycles. The summed E-state index contributed by atoms with van der Waals surface area (Å²) in [4.78, 5) is 0. The maximum Gasteiger partial charge on any atom is 0.163 e. The Balaban J connectivity index is 1.72. The van der Waals surface area contributed by atoms with Crippen LogP contribution in [0.2, 0.25) is 0 Å². The van der Waals surface area contributed by atoms with Gasteiger partial charge in [0.15, 0.2) is 11.5 Å². The molecular formula is C15H19N3O2. The van der Waals surface area contributed by atoms with Gasteiger partial charge in [-0.3, -0.25) is 4.68 Å². The fraction of sp³-hybridized carbons (Fsp3) is 0.400. The van der Waals surface area contributed by atoms with Crippen molar-refractivity contribution in [1.82, 2.24) is 9.78 Å². The second-order valence-electron chi connectivity index (χ2n) is 4.97. The van der Waals surface area contributed by atoms with E-state index in [1.54, 1.807) is 0 Å². The molecule has 2 heterocycles. The Morgan fingerprint density at radius 1 is 1.20 bits per heavy atom. The van der Waals surface area contributed by atoms with Gasteiger partial charge in [0.1, 0.15) is 0 Å². The Labute approximate surface area is 118 Å². The van der Waals surface area contributed by atoms with Gasteiger partial charge < -0.3 is 14.8 Å². The molecule has 2 aromatic rings. The molecule has 0 fully saturated rings. The molecule has 0 amide bonds. The van der Waals surface area contributed by atoms with Gasteiger partial charge in [-0.25, -0.2) is 0 Å². The van der Waals surface area contributed by atoms with Gasteiger partial charge in [0.2, 0.25) is 0 Å².